The molecule has 1 heterocycles. The van der Waals surface area contributed by atoms with Crippen molar-refractivity contribution in [3.05, 3.63) is 36.1 Å². The first-order valence-corrected chi connectivity index (χ1v) is 10.2. The van der Waals surface area contributed by atoms with E-state index in [1.165, 1.54) is 43.4 Å². The molecule has 0 aromatic rings. The zero-order chi connectivity index (χ0) is 19.4. The number of hydrogen-bond acceptors (Lipinski definition) is 4. The number of ether oxygens (including phenoxy) is 1. The number of nitrogens with two attached hydrogens (primary N) is 1. The molecule has 2 aliphatic carbocycles. The second-order valence-corrected chi connectivity index (χ2v) is 8.49. The van der Waals surface area contributed by atoms with Crippen molar-refractivity contribution in [2.24, 2.45) is 28.5 Å². The fourth-order valence-corrected chi connectivity index (χ4v) is 4.27. The highest BCUT2D eigenvalue weighted by atomic mass is 16.5. The number of guanidine groups is 1. The first-order chi connectivity index (χ1) is 12.9. The molecule has 0 radical (unpaired) electrons. The molecule has 148 valence electrons. The fraction of sp³-hybridized carbons (Fsp3) is 0.636. The minimum atomic E-state index is -0.950. The SMILES string of the molecule is CC1CCCCC(C2C=CC=CC(OC3(C)CC(=O)N(C)C(N)=N3)=C2)CC1. The summed E-state index contributed by atoms with van der Waals surface area (Å²) in [4.78, 5) is 18.0. The molecule has 5 heteroatoms. The molecule has 3 rings (SSSR count). The normalized spacial score (nSPS) is 35.0. The largest absolute Gasteiger partial charge is 0.466 e. The van der Waals surface area contributed by atoms with Gasteiger partial charge in [0.05, 0.1) is 6.42 Å². The van der Waals surface area contributed by atoms with Crippen LogP contribution in [0.1, 0.15) is 58.8 Å². The number of carbonyl (C=O) groups is 1. The second kappa shape index (κ2) is 8.32. The smallest absolute Gasteiger partial charge is 0.235 e. The fourth-order valence-electron chi connectivity index (χ4n) is 4.27. The van der Waals surface area contributed by atoms with Crippen molar-refractivity contribution in [2.45, 2.75) is 64.5 Å². The summed E-state index contributed by atoms with van der Waals surface area (Å²) in [7, 11) is 1.64. The molecule has 0 bridgehead atoms. The zero-order valence-electron chi connectivity index (χ0n) is 16.9. The summed E-state index contributed by atoms with van der Waals surface area (Å²) in [5.41, 5.74) is 4.94. The first kappa shape index (κ1) is 19.7. The van der Waals surface area contributed by atoms with Crippen molar-refractivity contribution < 1.29 is 9.53 Å². The summed E-state index contributed by atoms with van der Waals surface area (Å²) in [6.45, 7) is 4.20. The van der Waals surface area contributed by atoms with Crippen molar-refractivity contribution in [3.63, 3.8) is 0 Å². The van der Waals surface area contributed by atoms with Crippen LogP contribution in [0.4, 0.5) is 0 Å². The van der Waals surface area contributed by atoms with Crippen molar-refractivity contribution >= 4 is 11.9 Å². The van der Waals surface area contributed by atoms with Crippen molar-refractivity contribution in [3.8, 4) is 0 Å². The van der Waals surface area contributed by atoms with Gasteiger partial charge in [0.1, 0.15) is 5.76 Å². The molecule has 1 fully saturated rings. The molecule has 1 aliphatic heterocycles. The molecule has 5 nitrogen and oxygen atoms in total. The van der Waals surface area contributed by atoms with E-state index >= 15 is 0 Å². The number of rotatable bonds is 3. The van der Waals surface area contributed by atoms with Crippen molar-refractivity contribution in [2.75, 3.05) is 7.05 Å². The standard InChI is InChI=1S/C22H33N3O2/c1-16-8-4-5-9-17(13-12-16)18-10-6-7-11-19(14-18)27-22(2)15-20(26)25(3)21(23)24-22/h6-7,10-11,14,16-18H,4-5,8-9,12-13,15H2,1-3H3,(H2,23,24). The van der Waals surface area contributed by atoms with Gasteiger partial charge >= 0.3 is 0 Å². The molecule has 0 spiro atoms. The van der Waals surface area contributed by atoms with Gasteiger partial charge in [0.25, 0.3) is 0 Å². The Kier molecular flexibility index (Phi) is 6.08. The third-order valence-electron chi connectivity index (χ3n) is 6.04. The number of allylic oxidation sites excluding steroid dienone is 5. The Hall–Kier alpha value is -2.04. The Morgan fingerprint density at radius 3 is 2.78 bits per heavy atom. The van der Waals surface area contributed by atoms with Crippen LogP contribution in [0.2, 0.25) is 0 Å². The quantitative estimate of drug-likeness (QED) is 0.811. The van der Waals surface area contributed by atoms with E-state index in [0.29, 0.717) is 11.8 Å². The summed E-state index contributed by atoms with van der Waals surface area (Å²) in [5.74, 6) is 2.72. The van der Waals surface area contributed by atoms with E-state index < -0.39 is 5.72 Å². The Labute approximate surface area is 163 Å². The van der Waals surface area contributed by atoms with Gasteiger partial charge in [0.2, 0.25) is 17.6 Å². The predicted octanol–water partition coefficient (Wildman–Crippen LogP) is 4.13. The van der Waals surface area contributed by atoms with Gasteiger partial charge in [-0.1, -0.05) is 50.8 Å². The van der Waals surface area contributed by atoms with Gasteiger partial charge in [-0.3, -0.25) is 9.69 Å². The maximum atomic E-state index is 12.2. The Morgan fingerprint density at radius 2 is 2.00 bits per heavy atom. The van der Waals surface area contributed by atoms with Crippen LogP contribution < -0.4 is 5.73 Å². The topological polar surface area (TPSA) is 67.9 Å². The lowest BCUT2D eigenvalue weighted by Crippen LogP contribution is -2.49. The third-order valence-corrected chi connectivity index (χ3v) is 6.04. The van der Waals surface area contributed by atoms with E-state index in [-0.39, 0.29) is 18.3 Å². The van der Waals surface area contributed by atoms with Crippen LogP contribution in [0.3, 0.4) is 0 Å². The number of nitrogens with zero attached hydrogens (tertiary/aromatic N) is 2. The summed E-state index contributed by atoms with van der Waals surface area (Å²) in [5, 5.41) is 0. The van der Waals surface area contributed by atoms with E-state index in [2.05, 4.69) is 30.1 Å². The lowest BCUT2D eigenvalue weighted by Gasteiger charge is -2.34. The lowest BCUT2D eigenvalue weighted by atomic mass is 9.79. The van der Waals surface area contributed by atoms with Gasteiger partial charge in [-0.2, -0.15) is 0 Å². The van der Waals surface area contributed by atoms with E-state index in [0.717, 1.165) is 11.7 Å². The molecule has 27 heavy (non-hydrogen) atoms. The van der Waals surface area contributed by atoms with Gasteiger partial charge < -0.3 is 10.5 Å². The minimum Gasteiger partial charge on any atom is -0.466 e. The Morgan fingerprint density at radius 1 is 1.22 bits per heavy atom. The second-order valence-electron chi connectivity index (χ2n) is 8.49. The average Bonchev–Trinajstić information content (AvgIpc) is 2.81. The summed E-state index contributed by atoms with van der Waals surface area (Å²) in [6, 6.07) is 0. The van der Waals surface area contributed by atoms with Crippen molar-refractivity contribution in [1.82, 2.24) is 4.90 Å². The van der Waals surface area contributed by atoms with Crippen molar-refractivity contribution in [1.29, 1.82) is 0 Å². The van der Waals surface area contributed by atoms with Gasteiger partial charge in [-0.05, 0) is 43.8 Å². The number of aliphatic imine (C=N–C) groups is 1. The van der Waals surface area contributed by atoms with Gasteiger partial charge in [-0.25, -0.2) is 4.99 Å². The highest BCUT2D eigenvalue weighted by Gasteiger charge is 2.37. The van der Waals surface area contributed by atoms with Crippen LogP contribution in [0.15, 0.2) is 41.1 Å². The molecule has 4 unspecified atom stereocenters. The molecule has 1 amide bonds. The number of hydrogen-bond donors (Lipinski definition) is 1. The number of amides is 1. The first-order valence-electron chi connectivity index (χ1n) is 10.2. The predicted molar refractivity (Wildman–Crippen MR) is 109 cm³/mol. The highest BCUT2D eigenvalue weighted by molar-refractivity contribution is 5.98. The van der Waals surface area contributed by atoms with Crippen LogP contribution in [-0.4, -0.2) is 29.5 Å². The molecule has 3 aliphatic rings. The molecular weight excluding hydrogens is 338 g/mol. The maximum absolute atomic E-state index is 12.2. The molecule has 2 N–H and O–H groups in total. The van der Waals surface area contributed by atoms with E-state index in [1.54, 1.807) is 7.05 Å². The number of carbonyl (C=O) groups excluding carboxylic acids is 1. The molecule has 1 saturated carbocycles. The molecule has 4 atom stereocenters. The maximum Gasteiger partial charge on any atom is 0.235 e. The zero-order valence-corrected chi connectivity index (χ0v) is 16.9. The monoisotopic (exact) mass is 371 g/mol. The summed E-state index contributed by atoms with van der Waals surface area (Å²) in [6.07, 6.45) is 18.6. The molecule has 0 saturated heterocycles. The molecular formula is C22H33N3O2. The van der Waals surface area contributed by atoms with Crippen LogP contribution in [0, 0.1) is 17.8 Å². The van der Waals surface area contributed by atoms with E-state index in [1.807, 2.05) is 19.1 Å². The molecule has 0 aromatic carbocycles. The summed E-state index contributed by atoms with van der Waals surface area (Å²) >= 11 is 0. The van der Waals surface area contributed by atoms with E-state index in [9.17, 15) is 4.79 Å². The van der Waals surface area contributed by atoms with Crippen LogP contribution >= 0.6 is 0 Å². The lowest BCUT2D eigenvalue weighted by molar-refractivity contribution is -0.133. The highest BCUT2D eigenvalue weighted by Crippen LogP contribution is 2.35. The average molecular weight is 372 g/mol. The summed E-state index contributed by atoms with van der Waals surface area (Å²) < 4.78 is 6.21. The van der Waals surface area contributed by atoms with E-state index in [4.69, 9.17) is 10.5 Å². The Balaban J connectivity index is 1.75. The minimum absolute atomic E-state index is 0.0770. The van der Waals surface area contributed by atoms with Gasteiger partial charge in [0, 0.05) is 13.0 Å². The van der Waals surface area contributed by atoms with Crippen LogP contribution in [0.5, 0.6) is 0 Å². The third kappa shape index (κ3) is 5.02. The van der Waals surface area contributed by atoms with Crippen LogP contribution in [-0.2, 0) is 9.53 Å². The van der Waals surface area contributed by atoms with Gasteiger partial charge in [0.15, 0.2) is 0 Å². The van der Waals surface area contributed by atoms with Crippen LogP contribution in [0.25, 0.3) is 0 Å². The van der Waals surface area contributed by atoms with Gasteiger partial charge in [-0.15, -0.1) is 0 Å². The molecule has 0 aromatic heterocycles. The Bertz CT molecular complexity index is 679.